The lowest BCUT2D eigenvalue weighted by Crippen LogP contribution is -2.21. The number of rotatable bonds is 6. The van der Waals surface area contributed by atoms with E-state index in [1.807, 2.05) is 19.1 Å². The van der Waals surface area contributed by atoms with Gasteiger partial charge < -0.3 is 9.64 Å². The number of hydrogen-bond acceptors (Lipinski definition) is 9. The lowest BCUT2D eigenvalue weighted by atomic mass is 10.1. The third kappa shape index (κ3) is 3.96. The molecule has 0 atom stereocenters. The van der Waals surface area contributed by atoms with Crippen LogP contribution in [0.3, 0.4) is 0 Å². The molecule has 4 rings (SSSR count). The number of aromatic nitrogens is 5. The first kappa shape index (κ1) is 20.9. The van der Waals surface area contributed by atoms with Gasteiger partial charge in [-0.1, -0.05) is 0 Å². The van der Waals surface area contributed by atoms with Gasteiger partial charge in [-0.25, -0.2) is 14.8 Å². The van der Waals surface area contributed by atoms with Gasteiger partial charge in [0.05, 0.1) is 11.9 Å². The van der Waals surface area contributed by atoms with E-state index < -0.39 is 0 Å². The minimum absolute atomic E-state index is 0.148. The van der Waals surface area contributed by atoms with Gasteiger partial charge in [0.2, 0.25) is 11.6 Å². The number of aryl methyl sites for hydroxylation is 1. The van der Waals surface area contributed by atoms with Crippen molar-refractivity contribution in [2.75, 3.05) is 18.0 Å². The van der Waals surface area contributed by atoms with Crippen molar-refractivity contribution in [1.29, 1.82) is 0 Å². The number of benzene rings is 1. The Hall–Kier alpha value is -4.39. The lowest BCUT2D eigenvalue weighted by molar-refractivity contribution is 0.479. The molecule has 0 amide bonds. The standard InChI is InChI=1S/C22H20N8O2/c1-4-29(5-2)16-7-8-17(15(3)13-16)25-19-21-27-26-20(18-14-23-9-10-24-18)30(21)28-22(19)32-12-6-11-31/h7-10,12-14H,4-5H2,1-3H3/b25-19+. The van der Waals surface area contributed by atoms with Crippen LogP contribution in [0.1, 0.15) is 25.2 Å². The minimum atomic E-state index is 0.148. The topological polar surface area (TPSA) is 111 Å². The van der Waals surface area contributed by atoms with Crippen molar-refractivity contribution in [3.05, 3.63) is 60.2 Å². The van der Waals surface area contributed by atoms with Gasteiger partial charge in [0, 0.05) is 36.9 Å². The third-order valence-electron chi connectivity index (χ3n) is 4.87. The molecule has 0 spiro atoms. The third-order valence-corrected chi connectivity index (χ3v) is 4.87. The van der Waals surface area contributed by atoms with Crippen molar-refractivity contribution in [3.8, 4) is 11.5 Å². The van der Waals surface area contributed by atoms with Crippen molar-refractivity contribution in [2.45, 2.75) is 20.8 Å². The van der Waals surface area contributed by atoms with Gasteiger partial charge in [-0.3, -0.25) is 4.98 Å². The molecule has 10 heteroatoms. The van der Waals surface area contributed by atoms with E-state index in [2.05, 4.69) is 55.8 Å². The molecule has 0 fully saturated rings. The van der Waals surface area contributed by atoms with Gasteiger partial charge in [-0.2, -0.15) is 4.68 Å². The molecule has 1 aliphatic heterocycles. The van der Waals surface area contributed by atoms with E-state index in [1.165, 1.54) is 10.6 Å². The van der Waals surface area contributed by atoms with Crippen LogP contribution < -0.4 is 4.90 Å². The molecule has 0 unspecified atom stereocenters. The summed E-state index contributed by atoms with van der Waals surface area (Å²) in [5.74, 6) is 2.44. The summed E-state index contributed by atoms with van der Waals surface area (Å²) in [5, 5.41) is 12.8. The minimum Gasteiger partial charge on any atom is -0.435 e. The number of ether oxygens (including phenoxy) is 1. The van der Waals surface area contributed by atoms with Crippen molar-refractivity contribution in [3.63, 3.8) is 0 Å². The van der Waals surface area contributed by atoms with Crippen LogP contribution in [0.5, 0.6) is 0 Å². The molecule has 0 saturated heterocycles. The zero-order valence-electron chi connectivity index (χ0n) is 17.8. The van der Waals surface area contributed by atoms with Gasteiger partial charge in [-0.15, -0.1) is 15.3 Å². The van der Waals surface area contributed by atoms with Gasteiger partial charge >= 0.3 is 0 Å². The highest BCUT2D eigenvalue weighted by Gasteiger charge is 2.31. The van der Waals surface area contributed by atoms with Crippen LogP contribution in [0.15, 0.2) is 58.9 Å². The van der Waals surface area contributed by atoms with Crippen molar-refractivity contribution in [2.24, 2.45) is 10.1 Å². The molecule has 10 nitrogen and oxygen atoms in total. The van der Waals surface area contributed by atoms with E-state index in [1.54, 1.807) is 18.6 Å². The summed E-state index contributed by atoms with van der Waals surface area (Å²) >= 11 is 0. The number of hydrogen-bond donors (Lipinski definition) is 0. The molecule has 160 valence electrons. The fraction of sp³-hybridized carbons (Fsp3) is 0.227. The largest absolute Gasteiger partial charge is 0.435 e. The molecule has 1 aliphatic rings. The van der Waals surface area contributed by atoms with Gasteiger partial charge in [0.1, 0.15) is 12.0 Å². The predicted molar refractivity (Wildman–Crippen MR) is 120 cm³/mol. The molecular formula is C22H20N8O2. The summed E-state index contributed by atoms with van der Waals surface area (Å²) in [6.45, 7) is 8.06. The Labute approximate surface area is 184 Å². The van der Waals surface area contributed by atoms with Crippen LogP contribution in [0.25, 0.3) is 11.5 Å². The quantitative estimate of drug-likeness (QED) is 0.337. The Balaban J connectivity index is 1.78. The monoisotopic (exact) mass is 428 g/mol. The Bertz CT molecular complexity index is 1280. The highest BCUT2D eigenvalue weighted by atomic mass is 16.5. The maximum Gasteiger partial charge on any atom is 0.267 e. The van der Waals surface area contributed by atoms with Crippen LogP contribution in [-0.4, -0.2) is 55.5 Å². The average molecular weight is 428 g/mol. The normalized spacial score (nSPS) is 13.2. The number of fused-ring (bicyclic) bond motifs is 1. The smallest absolute Gasteiger partial charge is 0.267 e. The molecule has 0 aliphatic carbocycles. The Morgan fingerprint density at radius 1 is 1.19 bits per heavy atom. The molecule has 0 saturated carbocycles. The summed E-state index contributed by atoms with van der Waals surface area (Å²) in [7, 11) is 0. The number of nitrogens with zero attached hydrogens (tertiary/aromatic N) is 8. The van der Waals surface area contributed by atoms with Crippen LogP contribution in [-0.2, 0) is 9.53 Å². The van der Waals surface area contributed by atoms with E-state index in [-0.39, 0.29) is 5.90 Å². The molecule has 0 N–H and O–H groups in total. The highest BCUT2D eigenvalue weighted by molar-refractivity contribution is 6.46. The van der Waals surface area contributed by atoms with E-state index in [4.69, 9.17) is 9.73 Å². The summed E-state index contributed by atoms with van der Waals surface area (Å²) in [6, 6.07) is 6.05. The molecule has 3 heterocycles. The summed E-state index contributed by atoms with van der Waals surface area (Å²) in [5.41, 5.74) is 5.92. The van der Waals surface area contributed by atoms with Gasteiger partial charge in [-0.05, 0) is 44.5 Å². The van der Waals surface area contributed by atoms with Crippen LogP contribution >= 0.6 is 0 Å². The zero-order valence-corrected chi connectivity index (χ0v) is 17.8. The Kier molecular flexibility index (Phi) is 5.98. The molecular weight excluding hydrogens is 408 g/mol. The van der Waals surface area contributed by atoms with E-state index in [0.717, 1.165) is 36.3 Å². The Morgan fingerprint density at radius 3 is 2.69 bits per heavy atom. The fourth-order valence-corrected chi connectivity index (χ4v) is 3.29. The van der Waals surface area contributed by atoms with Crippen LogP contribution in [0.2, 0.25) is 0 Å². The number of anilines is 1. The van der Waals surface area contributed by atoms with E-state index >= 15 is 0 Å². The SMILES string of the molecule is CCN(CC)c1ccc(/N=C2/C(OC=C=C=O)=Nn3c2nnc3-c2cnccn2)c(C)c1. The molecule has 0 bridgehead atoms. The molecule has 3 aromatic rings. The van der Waals surface area contributed by atoms with Gasteiger partial charge in [0.25, 0.3) is 5.90 Å². The number of aliphatic imine (C=N–C) groups is 1. The fourth-order valence-electron chi connectivity index (χ4n) is 3.29. The first-order valence-electron chi connectivity index (χ1n) is 10.0. The Morgan fingerprint density at radius 2 is 2.00 bits per heavy atom. The summed E-state index contributed by atoms with van der Waals surface area (Å²) in [4.78, 5) is 25.8. The van der Waals surface area contributed by atoms with Crippen molar-refractivity contribution < 1.29 is 9.53 Å². The second-order valence-electron chi connectivity index (χ2n) is 6.74. The van der Waals surface area contributed by atoms with Gasteiger partial charge in [0.15, 0.2) is 11.7 Å². The molecule has 1 aromatic carbocycles. The highest BCUT2D eigenvalue weighted by Crippen LogP contribution is 2.28. The predicted octanol–water partition coefficient (Wildman–Crippen LogP) is 2.70. The molecule has 32 heavy (non-hydrogen) atoms. The molecule has 0 radical (unpaired) electrons. The second kappa shape index (κ2) is 9.18. The van der Waals surface area contributed by atoms with E-state index in [0.29, 0.717) is 23.1 Å². The first-order chi connectivity index (χ1) is 15.7. The lowest BCUT2D eigenvalue weighted by Gasteiger charge is -2.21. The molecule has 2 aromatic heterocycles. The van der Waals surface area contributed by atoms with Crippen LogP contribution in [0, 0.1) is 6.92 Å². The maximum absolute atomic E-state index is 10.5. The van der Waals surface area contributed by atoms with Crippen LogP contribution in [0.4, 0.5) is 11.4 Å². The average Bonchev–Trinajstić information content (AvgIpc) is 3.37. The van der Waals surface area contributed by atoms with E-state index in [9.17, 15) is 4.79 Å². The maximum atomic E-state index is 10.5. The number of carbonyl (C=O) groups excluding carboxylic acids is 1. The van der Waals surface area contributed by atoms with Crippen molar-refractivity contribution in [1.82, 2.24) is 24.8 Å². The second-order valence-corrected chi connectivity index (χ2v) is 6.74. The van der Waals surface area contributed by atoms with Crippen molar-refractivity contribution >= 4 is 28.9 Å². The first-order valence-corrected chi connectivity index (χ1v) is 10.0. The summed E-state index contributed by atoms with van der Waals surface area (Å²) < 4.78 is 6.97. The zero-order chi connectivity index (χ0) is 22.5. The summed E-state index contributed by atoms with van der Waals surface area (Å²) in [6.07, 6.45) is 5.75.